The smallest absolute Gasteiger partial charge is 0.335 e. The number of carboxylic acid groups (broad SMARTS) is 1. The number of carbonyl (C=O) groups is 2. The summed E-state index contributed by atoms with van der Waals surface area (Å²) in [7, 11) is 1.20. The number of nitrogens with two attached hydrogens (primary N) is 1. The second-order valence-electron chi connectivity index (χ2n) is 3.48. The molecule has 0 unspecified atom stereocenters. The first-order valence-corrected chi connectivity index (χ1v) is 4.84. The zero-order valence-electron chi connectivity index (χ0n) is 9.21. The van der Waals surface area contributed by atoms with Gasteiger partial charge in [-0.1, -0.05) is 0 Å². The van der Waals surface area contributed by atoms with Crippen LogP contribution in [-0.4, -0.2) is 35.3 Å². The molecule has 0 aliphatic heterocycles. The Morgan fingerprint density at radius 2 is 2.12 bits per heavy atom. The Balaban J connectivity index is 2.93. The van der Waals surface area contributed by atoms with Crippen molar-refractivity contribution in [3.63, 3.8) is 0 Å². The second kappa shape index (κ2) is 5.31. The van der Waals surface area contributed by atoms with Gasteiger partial charge in [-0.05, 0) is 23.8 Å². The topological polar surface area (TPSA) is 110 Å². The highest BCUT2D eigenvalue weighted by Gasteiger charge is 2.17. The number of hydrogen-bond acceptors (Lipinski definition) is 5. The number of ether oxygens (including phenoxy) is 1. The van der Waals surface area contributed by atoms with Crippen LogP contribution in [0.4, 0.5) is 0 Å². The van der Waals surface area contributed by atoms with E-state index in [1.54, 1.807) is 0 Å². The highest BCUT2D eigenvalue weighted by Crippen LogP contribution is 2.20. The highest BCUT2D eigenvalue weighted by molar-refractivity contribution is 5.88. The summed E-state index contributed by atoms with van der Waals surface area (Å²) in [5, 5.41) is 18.3. The molecular weight excluding hydrogens is 226 g/mol. The van der Waals surface area contributed by atoms with Gasteiger partial charge in [-0.3, -0.25) is 4.79 Å². The number of carbonyl (C=O) groups excluding carboxylic acids is 1. The van der Waals surface area contributed by atoms with Gasteiger partial charge in [-0.25, -0.2) is 4.79 Å². The molecule has 17 heavy (non-hydrogen) atoms. The lowest BCUT2D eigenvalue weighted by molar-refractivity contribution is -0.142. The van der Waals surface area contributed by atoms with Crippen LogP contribution in [0.5, 0.6) is 5.75 Å². The van der Waals surface area contributed by atoms with Gasteiger partial charge < -0.3 is 20.7 Å². The van der Waals surface area contributed by atoms with Crippen LogP contribution in [-0.2, 0) is 16.0 Å². The molecule has 0 saturated carbocycles. The van der Waals surface area contributed by atoms with Crippen LogP contribution in [0, 0.1) is 0 Å². The summed E-state index contributed by atoms with van der Waals surface area (Å²) in [5.41, 5.74) is 5.84. The minimum atomic E-state index is -1.11. The van der Waals surface area contributed by atoms with Crippen LogP contribution in [0.1, 0.15) is 15.9 Å². The number of carboxylic acids is 1. The lowest BCUT2D eigenvalue weighted by atomic mass is 10.0. The van der Waals surface area contributed by atoms with E-state index < -0.39 is 18.0 Å². The molecule has 0 spiro atoms. The largest absolute Gasteiger partial charge is 0.508 e. The maximum atomic E-state index is 11.1. The normalized spacial score (nSPS) is 11.9. The number of rotatable bonds is 4. The Morgan fingerprint density at radius 1 is 1.47 bits per heavy atom. The van der Waals surface area contributed by atoms with E-state index >= 15 is 0 Å². The van der Waals surface area contributed by atoms with Crippen molar-refractivity contribution in [2.75, 3.05) is 7.11 Å². The maximum absolute atomic E-state index is 11.1. The van der Waals surface area contributed by atoms with Crippen molar-refractivity contribution in [3.05, 3.63) is 29.3 Å². The molecule has 1 aromatic rings. The van der Waals surface area contributed by atoms with Crippen LogP contribution < -0.4 is 5.73 Å². The Morgan fingerprint density at radius 3 is 2.65 bits per heavy atom. The summed E-state index contributed by atoms with van der Waals surface area (Å²) in [4.78, 5) is 21.8. The Labute approximate surface area is 97.6 Å². The molecule has 0 aliphatic carbocycles. The first kappa shape index (κ1) is 13.0. The van der Waals surface area contributed by atoms with E-state index in [2.05, 4.69) is 4.74 Å². The van der Waals surface area contributed by atoms with Gasteiger partial charge in [0.1, 0.15) is 11.8 Å². The number of aromatic hydroxyl groups is 1. The summed E-state index contributed by atoms with van der Waals surface area (Å²) in [6, 6.07) is 2.86. The van der Waals surface area contributed by atoms with E-state index in [0.717, 1.165) is 0 Å². The van der Waals surface area contributed by atoms with Gasteiger partial charge in [0, 0.05) is 6.42 Å². The quantitative estimate of drug-likeness (QED) is 0.644. The predicted molar refractivity (Wildman–Crippen MR) is 58.8 cm³/mol. The van der Waals surface area contributed by atoms with Gasteiger partial charge in [0.2, 0.25) is 0 Å². The second-order valence-corrected chi connectivity index (χ2v) is 3.48. The van der Waals surface area contributed by atoms with Crippen molar-refractivity contribution < 1.29 is 24.5 Å². The molecule has 1 aromatic carbocycles. The first-order chi connectivity index (χ1) is 7.95. The summed E-state index contributed by atoms with van der Waals surface area (Å²) < 4.78 is 4.44. The lowest BCUT2D eigenvalue weighted by Crippen LogP contribution is -2.33. The highest BCUT2D eigenvalue weighted by atomic mass is 16.5. The van der Waals surface area contributed by atoms with Crippen molar-refractivity contribution in [2.45, 2.75) is 12.5 Å². The van der Waals surface area contributed by atoms with Gasteiger partial charge in [-0.15, -0.1) is 0 Å². The van der Waals surface area contributed by atoms with E-state index in [1.807, 2.05) is 0 Å². The molecular formula is C11H13NO5. The third kappa shape index (κ3) is 3.18. The summed E-state index contributed by atoms with van der Waals surface area (Å²) >= 11 is 0. The van der Waals surface area contributed by atoms with Gasteiger partial charge in [0.05, 0.1) is 12.7 Å². The Hall–Kier alpha value is -2.08. The van der Waals surface area contributed by atoms with E-state index in [1.165, 1.54) is 25.3 Å². The molecule has 0 fully saturated rings. The summed E-state index contributed by atoms with van der Waals surface area (Å²) in [5.74, 6) is -1.84. The van der Waals surface area contributed by atoms with Crippen molar-refractivity contribution >= 4 is 11.9 Å². The van der Waals surface area contributed by atoms with Crippen LogP contribution in [0.3, 0.4) is 0 Å². The molecule has 0 heterocycles. The molecule has 0 amide bonds. The average Bonchev–Trinajstić information content (AvgIpc) is 2.30. The minimum absolute atomic E-state index is 0.0135. The molecule has 4 N–H and O–H groups in total. The number of benzene rings is 1. The molecule has 0 aliphatic rings. The third-order valence-corrected chi connectivity index (χ3v) is 2.27. The van der Waals surface area contributed by atoms with Crippen LogP contribution in [0.15, 0.2) is 18.2 Å². The van der Waals surface area contributed by atoms with Gasteiger partial charge in [0.25, 0.3) is 0 Å². The number of hydrogen-bond donors (Lipinski definition) is 3. The average molecular weight is 239 g/mol. The number of aromatic carboxylic acids is 1. The monoisotopic (exact) mass is 239 g/mol. The molecule has 92 valence electrons. The third-order valence-electron chi connectivity index (χ3n) is 2.27. The number of esters is 1. The molecule has 0 aromatic heterocycles. The van der Waals surface area contributed by atoms with Crippen LogP contribution >= 0.6 is 0 Å². The fourth-order valence-electron chi connectivity index (χ4n) is 1.35. The SMILES string of the molecule is COC(=O)[C@H](N)Cc1cc(C(=O)O)ccc1O. The molecule has 1 atom stereocenters. The van der Waals surface area contributed by atoms with Gasteiger partial charge in [0.15, 0.2) is 0 Å². The first-order valence-electron chi connectivity index (χ1n) is 4.84. The summed E-state index contributed by atoms with van der Waals surface area (Å²) in [6.07, 6.45) is 0.0135. The maximum Gasteiger partial charge on any atom is 0.335 e. The Bertz CT molecular complexity index is 443. The number of methoxy groups -OCH3 is 1. The van der Waals surface area contributed by atoms with Crippen molar-refractivity contribution in [1.82, 2.24) is 0 Å². The molecule has 6 nitrogen and oxygen atoms in total. The summed E-state index contributed by atoms with van der Waals surface area (Å²) in [6.45, 7) is 0. The predicted octanol–water partition coefficient (Wildman–Crippen LogP) is 0.133. The zero-order chi connectivity index (χ0) is 13.0. The van der Waals surface area contributed by atoms with Crippen LogP contribution in [0.25, 0.3) is 0 Å². The van der Waals surface area contributed by atoms with Gasteiger partial charge >= 0.3 is 11.9 Å². The lowest BCUT2D eigenvalue weighted by Gasteiger charge is -2.11. The molecule has 0 bridgehead atoms. The minimum Gasteiger partial charge on any atom is -0.508 e. The fourth-order valence-corrected chi connectivity index (χ4v) is 1.35. The van der Waals surface area contributed by atoms with Crippen LogP contribution in [0.2, 0.25) is 0 Å². The molecule has 1 rings (SSSR count). The van der Waals surface area contributed by atoms with E-state index in [-0.39, 0.29) is 17.7 Å². The molecule has 0 saturated heterocycles. The standard InChI is InChI=1S/C11H13NO5/c1-17-11(16)8(12)5-7-4-6(10(14)15)2-3-9(7)13/h2-4,8,13H,5,12H2,1H3,(H,14,15)/t8-/m1/s1. The Kier molecular flexibility index (Phi) is 4.06. The van der Waals surface area contributed by atoms with Crippen molar-refractivity contribution in [1.29, 1.82) is 0 Å². The van der Waals surface area contributed by atoms with Gasteiger partial charge in [-0.2, -0.15) is 0 Å². The van der Waals surface area contributed by atoms with Crippen molar-refractivity contribution in [3.8, 4) is 5.75 Å². The van der Waals surface area contributed by atoms with E-state index in [0.29, 0.717) is 5.56 Å². The zero-order valence-corrected chi connectivity index (χ0v) is 9.21. The fraction of sp³-hybridized carbons (Fsp3) is 0.273. The molecule has 6 heteroatoms. The van der Waals surface area contributed by atoms with E-state index in [9.17, 15) is 14.7 Å². The number of phenolic OH excluding ortho intramolecular Hbond substituents is 1. The number of phenols is 1. The molecule has 0 radical (unpaired) electrons. The van der Waals surface area contributed by atoms with E-state index in [4.69, 9.17) is 10.8 Å². The van der Waals surface area contributed by atoms with Crippen molar-refractivity contribution in [2.24, 2.45) is 5.73 Å².